The molecule has 0 aliphatic carbocycles. The molecule has 2 amide bonds. The number of carbonyl (C=O) groups is 2. The SMILES string of the molecule is COc1ccc(OCC(=O)N(CCc2ccccc2)[C@@H](C)C(=O)NCC(C)C)cc1. The highest BCUT2D eigenvalue weighted by atomic mass is 16.5. The second-order valence-corrected chi connectivity index (χ2v) is 7.60. The van der Waals surface area contributed by atoms with E-state index in [0.717, 1.165) is 5.56 Å². The van der Waals surface area contributed by atoms with Gasteiger partial charge in [-0.05, 0) is 49.1 Å². The molecule has 0 saturated carbocycles. The summed E-state index contributed by atoms with van der Waals surface area (Å²) in [5.74, 6) is 1.24. The maximum Gasteiger partial charge on any atom is 0.261 e. The van der Waals surface area contributed by atoms with Gasteiger partial charge in [0.05, 0.1) is 7.11 Å². The van der Waals surface area contributed by atoms with Crippen LogP contribution in [0.1, 0.15) is 26.3 Å². The van der Waals surface area contributed by atoms with Crippen LogP contribution in [0.15, 0.2) is 54.6 Å². The van der Waals surface area contributed by atoms with Gasteiger partial charge in [-0.3, -0.25) is 9.59 Å². The molecule has 2 aromatic rings. The average molecular weight is 413 g/mol. The lowest BCUT2D eigenvalue weighted by Crippen LogP contribution is -2.50. The first kappa shape index (κ1) is 23.3. The summed E-state index contributed by atoms with van der Waals surface area (Å²) in [6.07, 6.45) is 0.664. The topological polar surface area (TPSA) is 67.9 Å². The molecule has 1 N–H and O–H groups in total. The van der Waals surface area contributed by atoms with Gasteiger partial charge in [-0.1, -0.05) is 44.2 Å². The molecule has 0 aliphatic rings. The number of nitrogens with one attached hydrogen (secondary N) is 1. The molecule has 0 aliphatic heterocycles. The zero-order valence-electron chi connectivity index (χ0n) is 18.3. The van der Waals surface area contributed by atoms with Gasteiger partial charge >= 0.3 is 0 Å². The second-order valence-electron chi connectivity index (χ2n) is 7.60. The minimum absolute atomic E-state index is 0.136. The molecule has 0 bridgehead atoms. The standard InChI is InChI=1S/C24H32N2O4/c1-18(2)16-25-24(28)19(3)26(15-14-20-8-6-5-7-9-20)23(27)17-30-22-12-10-21(29-4)11-13-22/h5-13,18-19H,14-17H2,1-4H3,(H,25,28)/t19-/m0/s1. The van der Waals surface area contributed by atoms with E-state index < -0.39 is 6.04 Å². The molecule has 2 aromatic carbocycles. The number of carbonyl (C=O) groups excluding carboxylic acids is 2. The van der Waals surface area contributed by atoms with E-state index in [-0.39, 0.29) is 18.4 Å². The van der Waals surface area contributed by atoms with E-state index in [2.05, 4.69) is 5.32 Å². The normalized spacial score (nSPS) is 11.6. The lowest BCUT2D eigenvalue weighted by molar-refractivity contribution is -0.141. The highest BCUT2D eigenvalue weighted by Gasteiger charge is 2.26. The fourth-order valence-electron chi connectivity index (χ4n) is 2.92. The summed E-state index contributed by atoms with van der Waals surface area (Å²) >= 11 is 0. The molecule has 6 nitrogen and oxygen atoms in total. The van der Waals surface area contributed by atoms with Crippen molar-refractivity contribution in [2.24, 2.45) is 5.92 Å². The van der Waals surface area contributed by atoms with E-state index >= 15 is 0 Å². The molecule has 2 rings (SSSR count). The largest absolute Gasteiger partial charge is 0.497 e. The third-order valence-electron chi connectivity index (χ3n) is 4.76. The van der Waals surface area contributed by atoms with E-state index in [1.54, 1.807) is 43.2 Å². The van der Waals surface area contributed by atoms with Crippen molar-refractivity contribution in [1.29, 1.82) is 0 Å². The molecule has 0 unspecified atom stereocenters. The minimum atomic E-state index is -0.584. The Morgan fingerprint density at radius 3 is 2.20 bits per heavy atom. The Labute approximate surface area is 179 Å². The van der Waals surface area contributed by atoms with E-state index in [0.29, 0.717) is 36.9 Å². The van der Waals surface area contributed by atoms with E-state index in [9.17, 15) is 9.59 Å². The van der Waals surface area contributed by atoms with Crippen LogP contribution in [0, 0.1) is 5.92 Å². The van der Waals surface area contributed by atoms with Crippen molar-refractivity contribution in [1.82, 2.24) is 10.2 Å². The molecular formula is C24H32N2O4. The molecule has 0 aromatic heterocycles. The third kappa shape index (κ3) is 7.43. The molecule has 0 fully saturated rings. The molecule has 0 radical (unpaired) electrons. The first-order valence-electron chi connectivity index (χ1n) is 10.3. The van der Waals surface area contributed by atoms with Crippen LogP contribution in [0.5, 0.6) is 11.5 Å². The Morgan fingerprint density at radius 2 is 1.60 bits per heavy atom. The van der Waals surface area contributed by atoms with Crippen molar-refractivity contribution in [2.75, 3.05) is 26.8 Å². The summed E-state index contributed by atoms with van der Waals surface area (Å²) in [5, 5.41) is 2.91. The Morgan fingerprint density at radius 1 is 0.967 bits per heavy atom. The van der Waals surface area contributed by atoms with Gasteiger partial charge in [-0.25, -0.2) is 0 Å². The monoisotopic (exact) mass is 412 g/mol. The van der Waals surface area contributed by atoms with Crippen molar-refractivity contribution >= 4 is 11.8 Å². The lowest BCUT2D eigenvalue weighted by Gasteiger charge is -2.29. The highest BCUT2D eigenvalue weighted by molar-refractivity contribution is 5.88. The Bertz CT molecular complexity index is 791. The van der Waals surface area contributed by atoms with Crippen molar-refractivity contribution in [2.45, 2.75) is 33.2 Å². The molecule has 6 heteroatoms. The van der Waals surface area contributed by atoms with Crippen molar-refractivity contribution in [3.63, 3.8) is 0 Å². The molecule has 0 heterocycles. The Hall–Kier alpha value is -3.02. The van der Waals surface area contributed by atoms with Gasteiger partial charge in [0.15, 0.2) is 6.61 Å². The molecule has 162 valence electrons. The smallest absolute Gasteiger partial charge is 0.261 e. The summed E-state index contributed by atoms with van der Waals surface area (Å²) in [4.78, 5) is 27.1. The number of methoxy groups -OCH3 is 1. The van der Waals surface area contributed by atoms with E-state index in [1.807, 2.05) is 44.2 Å². The molecular weight excluding hydrogens is 380 g/mol. The van der Waals surface area contributed by atoms with Crippen LogP contribution in [0.25, 0.3) is 0 Å². The number of nitrogens with zero attached hydrogens (tertiary/aromatic N) is 1. The fraction of sp³-hybridized carbons (Fsp3) is 0.417. The number of ether oxygens (including phenoxy) is 2. The summed E-state index contributed by atoms with van der Waals surface area (Å²) < 4.78 is 10.8. The fourth-order valence-corrected chi connectivity index (χ4v) is 2.92. The van der Waals surface area contributed by atoms with E-state index in [1.165, 1.54) is 0 Å². The maximum absolute atomic E-state index is 12.9. The average Bonchev–Trinajstić information content (AvgIpc) is 2.77. The molecule has 1 atom stereocenters. The van der Waals surface area contributed by atoms with Gasteiger partial charge < -0.3 is 19.7 Å². The highest BCUT2D eigenvalue weighted by Crippen LogP contribution is 2.17. The maximum atomic E-state index is 12.9. The van der Waals surface area contributed by atoms with Crippen molar-refractivity contribution in [3.8, 4) is 11.5 Å². The van der Waals surface area contributed by atoms with Crippen LogP contribution in [-0.4, -0.2) is 49.6 Å². The molecule has 0 saturated heterocycles. The van der Waals surface area contributed by atoms with Gasteiger partial charge in [-0.15, -0.1) is 0 Å². The zero-order valence-corrected chi connectivity index (χ0v) is 18.3. The van der Waals surface area contributed by atoms with Gasteiger partial charge in [-0.2, -0.15) is 0 Å². The number of amides is 2. The number of hydrogen-bond acceptors (Lipinski definition) is 4. The van der Waals surface area contributed by atoms with Crippen LogP contribution < -0.4 is 14.8 Å². The molecule has 30 heavy (non-hydrogen) atoms. The van der Waals surface area contributed by atoms with Gasteiger partial charge in [0.25, 0.3) is 5.91 Å². The van der Waals surface area contributed by atoms with Crippen molar-refractivity contribution in [3.05, 3.63) is 60.2 Å². The van der Waals surface area contributed by atoms with Crippen LogP contribution in [0.3, 0.4) is 0 Å². The Balaban J connectivity index is 2.03. The lowest BCUT2D eigenvalue weighted by atomic mass is 10.1. The van der Waals surface area contributed by atoms with Crippen molar-refractivity contribution < 1.29 is 19.1 Å². The number of hydrogen-bond donors (Lipinski definition) is 1. The minimum Gasteiger partial charge on any atom is -0.497 e. The summed E-state index contributed by atoms with van der Waals surface area (Å²) in [5.41, 5.74) is 1.11. The number of rotatable bonds is 11. The van der Waals surface area contributed by atoms with Gasteiger partial charge in [0.1, 0.15) is 17.5 Å². The zero-order chi connectivity index (χ0) is 21.9. The van der Waals surface area contributed by atoms with Crippen LogP contribution in [0.4, 0.5) is 0 Å². The Kier molecular flexibility index (Phi) is 9.19. The summed E-state index contributed by atoms with van der Waals surface area (Å²) in [7, 11) is 1.59. The molecule has 0 spiro atoms. The van der Waals surface area contributed by atoms with Gasteiger partial charge in [0, 0.05) is 13.1 Å². The number of benzene rings is 2. The predicted octanol–water partition coefficient (Wildman–Crippen LogP) is 3.31. The third-order valence-corrected chi connectivity index (χ3v) is 4.76. The van der Waals surface area contributed by atoms with Crippen LogP contribution in [0.2, 0.25) is 0 Å². The first-order chi connectivity index (χ1) is 14.4. The van der Waals surface area contributed by atoms with Crippen LogP contribution >= 0.6 is 0 Å². The quantitative estimate of drug-likeness (QED) is 0.615. The van der Waals surface area contributed by atoms with E-state index in [4.69, 9.17) is 9.47 Å². The summed E-state index contributed by atoms with van der Waals surface area (Å²) in [6.45, 7) is 6.70. The predicted molar refractivity (Wildman–Crippen MR) is 118 cm³/mol. The van der Waals surface area contributed by atoms with Gasteiger partial charge in [0.2, 0.25) is 5.91 Å². The first-order valence-corrected chi connectivity index (χ1v) is 10.3. The second kappa shape index (κ2) is 11.9. The summed E-state index contributed by atoms with van der Waals surface area (Å²) in [6, 6.07) is 16.4. The van der Waals surface area contributed by atoms with Crippen LogP contribution in [-0.2, 0) is 16.0 Å².